The molecule has 0 radical (unpaired) electrons. The van der Waals surface area contributed by atoms with Gasteiger partial charge in [0.15, 0.2) is 23.0 Å². The number of ether oxygens (including phenoxy) is 4. The van der Waals surface area contributed by atoms with Crippen LogP contribution in [-0.4, -0.2) is 45.6 Å². The molecule has 4 N–H and O–H groups in total. The molecule has 0 amide bonds. The fourth-order valence-corrected chi connectivity index (χ4v) is 2.90. The minimum Gasteiger partial charge on any atom is -0.504 e. The number of phenolic OH excluding ortho intramolecular Hbond substituents is 4. The van der Waals surface area contributed by atoms with Gasteiger partial charge in [-0.15, -0.1) is 0 Å². The summed E-state index contributed by atoms with van der Waals surface area (Å²) in [7, 11) is 0. The lowest BCUT2D eigenvalue weighted by Crippen LogP contribution is -2.10. The summed E-state index contributed by atoms with van der Waals surface area (Å²) in [6, 6.07) is 10.5. The smallest absolute Gasteiger partial charge is 0.347 e. The fourth-order valence-electron chi connectivity index (χ4n) is 2.90. The van der Waals surface area contributed by atoms with Gasteiger partial charge in [-0.25, -0.2) is 9.59 Å². The van der Waals surface area contributed by atoms with E-state index in [0.717, 1.165) is 0 Å². The summed E-state index contributed by atoms with van der Waals surface area (Å²) < 4.78 is 20.6. The van der Waals surface area contributed by atoms with Gasteiger partial charge < -0.3 is 39.4 Å². The molecule has 3 rings (SSSR count). The summed E-state index contributed by atoms with van der Waals surface area (Å²) in [6.07, 6.45) is 0. The molecule has 0 bridgehead atoms. The molecule has 0 saturated heterocycles. The van der Waals surface area contributed by atoms with Crippen molar-refractivity contribution >= 4 is 11.9 Å². The zero-order valence-corrected chi connectivity index (χ0v) is 18.3. The zero-order chi connectivity index (χ0) is 24.8. The molecule has 0 aliphatic heterocycles. The van der Waals surface area contributed by atoms with Gasteiger partial charge in [-0.1, -0.05) is 0 Å². The maximum Gasteiger partial charge on any atom is 0.347 e. The molecule has 3 aromatic rings. The van der Waals surface area contributed by atoms with Crippen LogP contribution in [0.4, 0.5) is 0 Å². The van der Waals surface area contributed by atoms with E-state index in [4.69, 9.17) is 18.9 Å². The SMILES string of the molecule is CCOc1ccc(C(=O)Oc2ccc(OC(=O)c3ccc(OCC)c(O)c3O)cc2)c(O)c1O. The molecular formula is C24H22O10. The molecule has 0 aliphatic rings. The summed E-state index contributed by atoms with van der Waals surface area (Å²) in [6.45, 7) is 3.91. The van der Waals surface area contributed by atoms with Crippen molar-refractivity contribution in [3.63, 3.8) is 0 Å². The normalized spacial score (nSPS) is 10.4. The fraction of sp³-hybridized carbons (Fsp3) is 0.167. The van der Waals surface area contributed by atoms with E-state index in [2.05, 4.69) is 0 Å². The first kappa shape index (κ1) is 24.1. The molecule has 10 nitrogen and oxygen atoms in total. The minimum absolute atomic E-state index is 0.0228. The van der Waals surface area contributed by atoms with Gasteiger partial charge in [0.05, 0.1) is 13.2 Å². The Morgan fingerprint density at radius 3 is 1.26 bits per heavy atom. The Balaban J connectivity index is 1.69. The molecule has 3 aromatic carbocycles. The van der Waals surface area contributed by atoms with Crippen molar-refractivity contribution in [3.05, 3.63) is 59.7 Å². The Bertz CT molecular complexity index is 1110. The number of phenols is 4. The van der Waals surface area contributed by atoms with Crippen LogP contribution in [0.3, 0.4) is 0 Å². The van der Waals surface area contributed by atoms with Gasteiger partial charge in [-0.3, -0.25) is 0 Å². The topological polar surface area (TPSA) is 152 Å². The maximum absolute atomic E-state index is 12.4. The van der Waals surface area contributed by atoms with Crippen LogP contribution in [0.2, 0.25) is 0 Å². The van der Waals surface area contributed by atoms with E-state index in [9.17, 15) is 30.0 Å². The summed E-state index contributed by atoms with van der Waals surface area (Å²) in [5, 5.41) is 40.0. The van der Waals surface area contributed by atoms with Crippen LogP contribution in [0, 0.1) is 0 Å². The molecule has 34 heavy (non-hydrogen) atoms. The third kappa shape index (κ3) is 5.07. The Morgan fingerprint density at radius 2 is 0.941 bits per heavy atom. The lowest BCUT2D eigenvalue weighted by molar-refractivity contribution is 0.0715. The van der Waals surface area contributed by atoms with E-state index in [1.54, 1.807) is 13.8 Å². The molecular weight excluding hydrogens is 448 g/mol. The zero-order valence-electron chi connectivity index (χ0n) is 18.3. The van der Waals surface area contributed by atoms with Gasteiger partial charge in [0.25, 0.3) is 0 Å². The van der Waals surface area contributed by atoms with Gasteiger partial charge in [0, 0.05) is 0 Å². The molecule has 0 aliphatic carbocycles. The standard InChI is InChI=1S/C24H22O10/c1-3-31-17-11-9-15(19(25)21(17)27)23(29)33-13-5-7-14(8-6-13)34-24(30)16-10-12-18(32-4-2)22(28)20(16)26/h5-12,25-28H,3-4H2,1-2H3. The van der Waals surface area contributed by atoms with E-state index in [0.29, 0.717) is 0 Å². The second kappa shape index (κ2) is 10.3. The number of hydrogen-bond donors (Lipinski definition) is 4. The molecule has 0 atom stereocenters. The van der Waals surface area contributed by atoms with Gasteiger partial charge in [0.2, 0.25) is 11.5 Å². The maximum atomic E-state index is 12.4. The molecule has 0 aromatic heterocycles. The van der Waals surface area contributed by atoms with Crippen molar-refractivity contribution in [2.24, 2.45) is 0 Å². The van der Waals surface area contributed by atoms with Crippen LogP contribution < -0.4 is 18.9 Å². The third-order valence-corrected chi connectivity index (χ3v) is 4.51. The second-order valence-electron chi connectivity index (χ2n) is 6.73. The number of carbonyl (C=O) groups is 2. The second-order valence-corrected chi connectivity index (χ2v) is 6.73. The Morgan fingerprint density at radius 1 is 0.588 bits per heavy atom. The number of hydrogen-bond acceptors (Lipinski definition) is 10. The summed E-state index contributed by atoms with van der Waals surface area (Å²) in [5.41, 5.74) is -0.551. The van der Waals surface area contributed by atoms with Crippen LogP contribution in [0.15, 0.2) is 48.5 Å². The highest BCUT2D eigenvalue weighted by Crippen LogP contribution is 2.39. The first-order valence-corrected chi connectivity index (χ1v) is 10.2. The third-order valence-electron chi connectivity index (χ3n) is 4.51. The van der Waals surface area contributed by atoms with Gasteiger partial charge in [-0.2, -0.15) is 0 Å². The van der Waals surface area contributed by atoms with Crippen LogP contribution in [0.25, 0.3) is 0 Å². The molecule has 0 spiro atoms. The van der Waals surface area contributed by atoms with Gasteiger partial charge >= 0.3 is 11.9 Å². The summed E-state index contributed by atoms with van der Waals surface area (Å²) in [4.78, 5) is 24.7. The predicted molar refractivity (Wildman–Crippen MR) is 118 cm³/mol. The summed E-state index contributed by atoms with van der Waals surface area (Å²) in [5.74, 6) is -4.21. The summed E-state index contributed by atoms with van der Waals surface area (Å²) >= 11 is 0. The van der Waals surface area contributed by atoms with Gasteiger partial charge in [-0.05, 0) is 62.4 Å². The van der Waals surface area contributed by atoms with E-state index in [-0.39, 0.29) is 47.3 Å². The number of carbonyl (C=O) groups excluding carboxylic acids is 2. The highest BCUT2D eigenvalue weighted by Gasteiger charge is 2.21. The Labute approximate surface area is 194 Å². The quantitative estimate of drug-likeness (QED) is 0.218. The van der Waals surface area contributed by atoms with E-state index in [1.165, 1.54) is 48.5 Å². The number of aromatic hydroxyl groups is 4. The van der Waals surface area contributed by atoms with Crippen molar-refractivity contribution in [1.29, 1.82) is 0 Å². The lowest BCUT2D eigenvalue weighted by Gasteiger charge is -2.11. The number of esters is 2. The van der Waals surface area contributed by atoms with Crippen molar-refractivity contribution in [1.82, 2.24) is 0 Å². The lowest BCUT2D eigenvalue weighted by atomic mass is 10.1. The first-order valence-electron chi connectivity index (χ1n) is 10.2. The Kier molecular flexibility index (Phi) is 7.32. The largest absolute Gasteiger partial charge is 0.504 e. The van der Waals surface area contributed by atoms with Crippen molar-refractivity contribution in [2.45, 2.75) is 13.8 Å². The highest BCUT2D eigenvalue weighted by atomic mass is 16.5. The van der Waals surface area contributed by atoms with Gasteiger partial charge in [0.1, 0.15) is 22.6 Å². The average Bonchev–Trinajstić information content (AvgIpc) is 2.81. The van der Waals surface area contributed by atoms with Crippen molar-refractivity contribution < 1.29 is 49.0 Å². The number of benzene rings is 3. The first-order chi connectivity index (χ1) is 16.3. The average molecular weight is 470 g/mol. The molecule has 0 unspecified atom stereocenters. The van der Waals surface area contributed by atoms with Crippen LogP contribution in [0.5, 0.6) is 46.0 Å². The monoisotopic (exact) mass is 470 g/mol. The van der Waals surface area contributed by atoms with Crippen LogP contribution >= 0.6 is 0 Å². The highest BCUT2D eigenvalue weighted by molar-refractivity contribution is 5.96. The van der Waals surface area contributed by atoms with Crippen molar-refractivity contribution in [3.8, 4) is 46.0 Å². The van der Waals surface area contributed by atoms with E-state index >= 15 is 0 Å². The van der Waals surface area contributed by atoms with Crippen molar-refractivity contribution in [2.75, 3.05) is 13.2 Å². The van der Waals surface area contributed by atoms with E-state index in [1.807, 2.05) is 0 Å². The molecule has 0 saturated carbocycles. The molecule has 0 fully saturated rings. The van der Waals surface area contributed by atoms with E-state index < -0.39 is 34.9 Å². The minimum atomic E-state index is -0.935. The Hall–Kier alpha value is -4.60. The predicted octanol–water partition coefficient (Wildman–Crippen LogP) is 3.74. The number of rotatable bonds is 8. The van der Waals surface area contributed by atoms with Crippen LogP contribution in [0.1, 0.15) is 34.6 Å². The molecule has 10 heteroatoms. The van der Waals surface area contributed by atoms with Crippen LogP contribution in [-0.2, 0) is 0 Å². The molecule has 0 heterocycles. The molecule has 178 valence electrons.